The number of nitrogens with one attached hydrogen (secondary N) is 1. The second kappa shape index (κ2) is 4.72. The number of hydrogen-bond donors (Lipinski definition) is 2. The van der Waals surface area contributed by atoms with Gasteiger partial charge in [-0.2, -0.15) is 0 Å². The lowest BCUT2D eigenvalue weighted by atomic mass is 10.2. The molecular weight excluding hydrogens is 202 g/mol. The molecule has 0 heterocycles. The lowest BCUT2D eigenvalue weighted by Gasteiger charge is -2.15. The van der Waals surface area contributed by atoms with Crippen LogP contribution >= 0.6 is 0 Å². The van der Waals surface area contributed by atoms with Crippen molar-refractivity contribution in [1.29, 1.82) is 5.41 Å². The Morgan fingerprint density at radius 2 is 1.93 bits per heavy atom. The van der Waals surface area contributed by atoms with Gasteiger partial charge in [0.05, 0.1) is 0 Å². The minimum Gasteiger partial charge on any atom is -0.482 e. The smallest absolute Gasteiger partial charge is 0.155 e. The van der Waals surface area contributed by atoms with Crippen molar-refractivity contribution in [2.24, 2.45) is 5.73 Å². The van der Waals surface area contributed by atoms with Crippen LogP contribution in [0.1, 0.15) is 13.3 Å². The van der Waals surface area contributed by atoms with Gasteiger partial charge in [-0.15, -0.1) is 0 Å². The number of hydrogen-bond acceptors (Lipinski definition) is 2. The quantitative estimate of drug-likeness (QED) is 0.595. The summed E-state index contributed by atoms with van der Waals surface area (Å²) in [6.07, 6.45) is -0.181. The van der Waals surface area contributed by atoms with Crippen molar-refractivity contribution in [2.45, 2.75) is 19.4 Å². The Hall–Kier alpha value is -1.65. The molecule has 0 aliphatic heterocycles. The molecule has 0 radical (unpaired) electrons. The van der Waals surface area contributed by atoms with Crippen molar-refractivity contribution in [3.8, 4) is 5.75 Å². The van der Waals surface area contributed by atoms with Crippen LogP contribution in [0.4, 0.5) is 8.78 Å². The molecule has 82 valence electrons. The van der Waals surface area contributed by atoms with Crippen LogP contribution in [0, 0.1) is 17.0 Å². The molecular formula is C10H12F2N2O. The second-order valence-electron chi connectivity index (χ2n) is 3.08. The van der Waals surface area contributed by atoms with Gasteiger partial charge in [0.2, 0.25) is 0 Å². The molecule has 5 heteroatoms. The Balaban J connectivity index is 2.83. The van der Waals surface area contributed by atoms with E-state index < -0.39 is 17.7 Å². The van der Waals surface area contributed by atoms with E-state index in [2.05, 4.69) is 0 Å². The van der Waals surface area contributed by atoms with E-state index in [4.69, 9.17) is 15.9 Å². The van der Waals surface area contributed by atoms with Crippen LogP contribution in [-0.2, 0) is 0 Å². The number of amidine groups is 1. The average molecular weight is 214 g/mol. The largest absolute Gasteiger partial charge is 0.482 e. The Morgan fingerprint density at radius 3 is 2.33 bits per heavy atom. The standard InChI is InChI=1S/C10H12F2N2O/c1-2-9(10(13)14)15-8-4-6(11)3-7(12)5-8/h3-5,9H,2H2,1H3,(H3,13,14). The fourth-order valence-corrected chi connectivity index (χ4v) is 1.13. The third-order valence-corrected chi connectivity index (χ3v) is 1.83. The number of rotatable bonds is 4. The first-order chi connectivity index (χ1) is 7.02. The summed E-state index contributed by atoms with van der Waals surface area (Å²) in [6.45, 7) is 1.77. The highest BCUT2D eigenvalue weighted by Crippen LogP contribution is 2.17. The lowest BCUT2D eigenvalue weighted by Crippen LogP contribution is -2.32. The third-order valence-electron chi connectivity index (χ3n) is 1.83. The molecule has 0 amide bonds. The summed E-state index contributed by atoms with van der Waals surface area (Å²) in [4.78, 5) is 0. The Morgan fingerprint density at radius 1 is 1.40 bits per heavy atom. The summed E-state index contributed by atoms with van der Waals surface area (Å²) in [6, 6.07) is 2.85. The molecule has 15 heavy (non-hydrogen) atoms. The molecule has 0 aromatic heterocycles. The molecule has 0 saturated carbocycles. The Kier molecular flexibility index (Phi) is 3.60. The van der Waals surface area contributed by atoms with Crippen molar-refractivity contribution in [3.63, 3.8) is 0 Å². The fraction of sp³-hybridized carbons (Fsp3) is 0.300. The van der Waals surface area contributed by atoms with Gasteiger partial charge in [-0.3, -0.25) is 5.41 Å². The van der Waals surface area contributed by atoms with Gasteiger partial charge in [-0.25, -0.2) is 8.78 Å². The lowest BCUT2D eigenvalue weighted by molar-refractivity contribution is 0.258. The second-order valence-corrected chi connectivity index (χ2v) is 3.08. The first-order valence-electron chi connectivity index (χ1n) is 4.49. The van der Waals surface area contributed by atoms with E-state index in [1.807, 2.05) is 0 Å². The summed E-state index contributed by atoms with van der Waals surface area (Å²) in [5, 5.41) is 7.17. The summed E-state index contributed by atoms with van der Waals surface area (Å²) < 4.78 is 30.7. The van der Waals surface area contributed by atoms with E-state index in [0.29, 0.717) is 6.42 Å². The summed E-state index contributed by atoms with van der Waals surface area (Å²) in [5.74, 6) is -1.57. The molecule has 3 nitrogen and oxygen atoms in total. The van der Waals surface area contributed by atoms with Gasteiger partial charge in [0.25, 0.3) is 0 Å². The molecule has 0 fully saturated rings. The zero-order valence-corrected chi connectivity index (χ0v) is 8.26. The van der Waals surface area contributed by atoms with E-state index in [-0.39, 0.29) is 11.6 Å². The van der Waals surface area contributed by atoms with Crippen LogP contribution in [-0.4, -0.2) is 11.9 Å². The normalized spacial score (nSPS) is 12.2. The maximum absolute atomic E-state index is 12.8. The minimum atomic E-state index is -0.719. The number of ether oxygens (including phenoxy) is 1. The molecule has 3 N–H and O–H groups in total. The molecule has 1 atom stereocenters. The molecule has 1 unspecified atom stereocenters. The first kappa shape index (κ1) is 11.4. The van der Waals surface area contributed by atoms with Crippen molar-refractivity contribution >= 4 is 5.84 Å². The molecule has 1 aromatic carbocycles. The summed E-state index contributed by atoms with van der Waals surface area (Å²) in [5.41, 5.74) is 5.24. The maximum Gasteiger partial charge on any atom is 0.155 e. The molecule has 0 saturated heterocycles. The highest BCUT2D eigenvalue weighted by atomic mass is 19.1. The Bertz CT molecular complexity index is 348. The van der Waals surface area contributed by atoms with Gasteiger partial charge < -0.3 is 10.5 Å². The number of benzene rings is 1. The van der Waals surface area contributed by atoms with Crippen LogP contribution in [0.5, 0.6) is 5.75 Å². The van der Waals surface area contributed by atoms with Crippen LogP contribution in [0.3, 0.4) is 0 Å². The zero-order chi connectivity index (χ0) is 11.4. The van der Waals surface area contributed by atoms with Gasteiger partial charge in [-0.1, -0.05) is 6.92 Å². The minimum absolute atomic E-state index is 0.0366. The highest BCUT2D eigenvalue weighted by molar-refractivity contribution is 5.81. The molecule has 0 spiro atoms. The van der Waals surface area contributed by atoms with E-state index in [1.54, 1.807) is 6.92 Å². The monoisotopic (exact) mass is 214 g/mol. The SMILES string of the molecule is CCC(Oc1cc(F)cc(F)c1)C(=N)N. The van der Waals surface area contributed by atoms with Gasteiger partial charge in [0, 0.05) is 18.2 Å². The fourth-order valence-electron chi connectivity index (χ4n) is 1.13. The first-order valence-corrected chi connectivity index (χ1v) is 4.49. The van der Waals surface area contributed by atoms with Gasteiger partial charge >= 0.3 is 0 Å². The van der Waals surface area contributed by atoms with Gasteiger partial charge in [0.1, 0.15) is 23.2 Å². The number of nitrogens with two attached hydrogens (primary N) is 1. The summed E-state index contributed by atoms with van der Waals surface area (Å²) in [7, 11) is 0. The van der Waals surface area contributed by atoms with Crippen molar-refractivity contribution in [2.75, 3.05) is 0 Å². The topological polar surface area (TPSA) is 59.1 Å². The van der Waals surface area contributed by atoms with Crippen molar-refractivity contribution in [1.82, 2.24) is 0 Å². The van der Waals surface area contributed by atoms with E-state index in [1.165, 1.54) is 0 Å². The number of halogens is 2. The van der Waals surface area contributed by atoms with E-state index in [0.717, 1.165) is 18.2 Å². The van der Waals surface area contributed by atoms with E-state index >= 15 is 0 Å². The van der Waals surface area contributed by atoms with Gasteiger partial charge in [-0.05, 0) is 6.42 Å². The van der Waals surface area contributed by atoms with Crippen LogP contribution < -0.4 is 10.5 Å². The van der Waals surface area contributed by atoms with E-state index in [9.17, 15) is 8.78 Å². The van der Waals surface area contributed by atoms with Crippen molar-refractivity contribution in [3.05, 3.63) is 29.8 Å². The maximum atomic E-state index is 12.8. The molecule has 0 aliphatic rings. The molecule has 1 aromatic rings. The highest BCUT2D eigenvalue weighted by Gasteiger charge is 2.12. The predicted octanol–water partition coefficient (Wildman–Crippen LogP) is 2.06. The summed E-state index contributed by atoms with van der Waals surface area (Å²) >= 11 is 0. The Labute approximate surface area is 86.4 Å². The third kappa shape index (κ3) is 3.19. The molecule has 1 rings (SSSR count). The molecule has 0 aliphatic carbocycles. The van der Waals surface area contributed by atoms with Gasteiger partial charge in [0.15, 0.2) is 6.10 Å². The van der Waals surface area contributed by atoms with Crippen LogP contribution in [0.2, 0.25) is 0 Å². The van der Waals surface area contributed by atoms with Crippen molar-refractivity contribution < 1.29 is 13.5 Å². The zero-order valence-electron chi connectivity index (χ0n) is 8.26. The molecule has 0 bridgehead atoms. The van der Waals surface area contributed by atoms with Crippen LogP contribution in [0.15, 0.2) is 18.2 Å². The average Bonchev–Trinajstić information content (AvgIpc) is 2.12. The predicted molar refractivity (Wildman–Crippen MR) is 53.0 cm³/mol. The van der Waals surface area contributed by atoms with Crippen LogP contribution in [0.25, 0.3) is 0 Å².